The number of likely N-dealkylation sites (tertiary alicyclic amines) is 1. The quantitative estimate of drug-likeness (QED) is 0.737. The molecule has 7 heteroatoms. The third-order valence-corrected chi connectivity index (χ3v) is 5.47. The molecule has 0 spiro atoms. The van der Waals surface area contributed by atoms with Crippen LogP contribution < -0.4 is 9.47 Å². The first-order chi connectivity index (χ1) is 13.6. The van der Waals surface area contributed by atoms with Crippen LogP contribution in [0.2, 0.25) is 5.02 Å². The molecule has 2 aromatic rings. The third kappa shape index (κ3) is 3.97. The number of hydrogen-bond acceptors (Lipinski definition) is 5. The Morgan fingerprint density at radius 2 is 1.96 bits per heavy atom. The molecule has 1 amide bonds. The van der Waals surface area contributed by atoms with Crippen LogP contribution in [0.1, 0.15) is 28.9 Å². The number of amides is 1. The molecule has 1 aromatic heterocycles. The summed E-state index contributed by atoms with van der Waals surface area (Å²) < 4.78 is 11.1. The van der Waals surface area contributed by atoms with Gasteiger partial charge in [0.1, 0.15) is 18.9 Å². The molecule has 1 aromatic carbocycles. The number of benzene rings is 1. The Labute approximate surface area is 168 Å². The number of nitrogens with zero attached hydrogens (tertiary/aromatic N) is 2. The fourth-order valence-electron chi connectivity index (χ4n) is 3.65. The topological polar surface area (TPSA) is 68.7 Å². The molecule has 146 valence electrons. The number of rotatable bonds is 4. The lowest BCUT2D eigenvalue weighted by atomic mass is 9.91. The van der Waals surface area contributed by atoms with Crippen molar-refractivity contribution in [2.45, 2.75) is 19.3 Å². The highest BCUT2D eigenvalue weighted by atomic mass is 35.5. The summed E-state index contributed by atoms with van der Waals surface area (Å²) in [5, 5.41) is 0.482. The van der Waals surface area contributed by atoms with Crippen LogP contribution in [0.3, 0.4) is 0 Å². The molecule has 2 aliphatic rings. The number of fused-ring (bicyclic) bond motifs is 1. The second kappa shape index (κ2) is 8.19. The molecule has 1 saturated heterocycles. The zero-order valence-electron chi connectivity index (χ0n) is 15.4. The summed E-state index contributed by atoms with van der Waals surface area (Å²) in [4.78, 5) is 31.4. The van der Waals surface area contributed by atoms with E-state index in [9.17, 15) is 9.59 Å². The lowest BCUT2D eigenvalue weighted by Crippen LogP contribution is -2.43. The van der Waals surface area contributed by atoms with Gasteiger partial charge >= 0.3 is 0 Å². The van der Waals surface area contributed by atoms with Crippen LogP contribution in [0, 0.1) is 5.92 Å². The van der Waals surface area contributed by atoms with Gasteiger partial charge in [0.25, 0.3) is 0 Å². The summed E-state index contributed by atoms with van der Waals surface area (Å²) in [6, 6.07) is 8.77. The Bertz CT molecular complexity index is 887. The smallest absolute Gasteiger partial charge is 0.227 e. The molecule has 0 bridgehead atoms. The Balaban J connectivity index is 1.44. The van der Waals surface area contributed by atoms with E-state index in [4.69, 9.17) is 21.1 Å². The number of pyridine rings is 1. The molecule has 0 saturated carbocycles. The summed E-state index contributed by atoms with van der Waals surface area (Å²) in [6.45, 7) is 2.02. The van der Waals surface area contributed by atoms with Crippen molar-refractivity contribution in [3.63, 3.8) is 0 Å². The lowest BCUT2D eigenvalue weighted by Gasteiger charge is -2.32. The molecule has 28 heavy (non-hydrogen) atoms. The number of ketones is 1. The average molecular weight is 401 g/mol. The third-order valence-electron chi connectivity index (χ3n) is 5.12. The summed E-state index contributed by atoms with van der Waals surface area (Å²) in [5.74, 6) is 0.947. The number of carbonyl (C=O) groups excluding carboxylic acids is 2. The van der Waals surface area contributed by atoms with E-state index in [0.717, 1.165) is 12.8 Å². The van der Waals surface area contributed by atoms with Crippen molar-refractivity contribution in [3.05, 3.63) is 52.8 Å². The Morgan fingerprint density at radius 1 is 1.18 bits per heavy atom. The van der Waals surface area contributed by atoms with Gasteiger partial charge in [-0.2, -0.15) is 0 Å². The highest BCUT2D eigenvalue weighted by molar-refractivity contribution is 6.31. The monoisotopic (exact) mass is 400 g/mol. The van der Waals surface area contributed by atoms with Crippen molar-refractivity contribution in [3.8, 4) is 11.5 Å². The van der Waals surface area contributed by atoms with Crippen LogP contribution in [0.25, 0.3) is 0 Å². The first-order valence-corrected chi connectivity index (χ1v) is 9.80. The van der Waals surface area contributed by atoms with E-state index in [-0.39, 0.29) is 24.0 Å². The molecule has 1 unspecified atom stereocenters. The van der Waals surface area contributed by atoms with Crippen LogP contribution in [0.4, 0.5) is 0 Å². The van der Waals surface area contributed by atoms with Gasteiger partial charge in [0, 0.05) is 36.3 Å². The van der Waals surface area contributed by atoms with Gasteiger partial charge in [-0.05, 0) is 36.6 Å². The van der Waals surface area contributed by atoms with Crippen molar-refractivity contribution in [1.29, 1.82) is 0 Å². The van der Waals surface area contributed by atoms with Gasteiger partial charge in [-0.25, -0.2) is 0 Å². The fourth-order valence-corrected chi connectivity index (χ4v) is 3.87. The predicted octanol–water partition coefficient (Wildman–Crippen LogP) is 3.17. The highest BCUT2D eigenvalue weighted by Crippen LogP contribution is 2.35. The largest absolute Gasteiger partial charge is 0.486 e. The molecular formula is C21H21ClN2O4. The van der Waals surface area contributed by atoms with Gasteiger partial charge in [0.2, 0.25) is 5.91 Å². The standard InChI is InChI=1S/C21H21ClN2O4/c22-16-12-19-18(27-8-9-28-19)10-15(16)11-20(25)24-7-3-4-14(13-24)21(26)17-5-1-2-6-23-17/h1-2,5-6,10,12,14H,3-4,7-9,11,13H2. The molecule has 0 aliphatic carbocycles. The van der Waals surface area contributed by atoms with Crippen LogP contribution in [-0.2, 0) is 11.2 Å². The molecule has 1 atom stereocenters. The summed E-state index contributed by atoms with van der Waals surface area (Å²) in [7, 11) is 0. The van der Waals surface area contributed by atoms with Gasteiger partial charge < -0.3 is 14.4 Å². The number of piperidine rings is 1. The predicted molar refractivity (Wildman–Crippen MR) is 104 cm³/mol. The molecule has 0 radical (unpaired) electrons. The minimum Gasteiger partial charge on any atom is -0.486 e. The minimum atomic E-state index is -0.219. The van der Waals surface area contributed by atoms with Crippen LogP contribution in [0.15, 0.2) is 36.5 Å². The first kappa shape index (κ1) is 18.7. The SMILES string of the molecule is O=C(c1ccccn1)C1CCCN(C(=O)Cc2cc3c(cc2Cl)OCCO3)C1. The lowest BCUT2D eigenvalue weighted by molar-refractivity contribution is -0.131. The van der Waals surface area contributed by atoms with Crippen molar-refractivity contribution >= 4 is 23.3 Å². The van der Waals surface area contributed by atoms with E-state index in [1.54, 1.807) is 41.4 Å². The van der Waals surface area contributed by atoms with E-state index in [1.165, 1.54) is 0 Å². The molecule has 6 nitrogen and oxygen atoms in total. The van der Waals surface area contributed by atoms with E-state index in [1.807, 2.05) is 0 Å². The van der Waals surface area contributed by atoms with Crippen molar-refractivity contribution in [2.24, 2.45) is 5.92 Å². The highest BCUT2D eigenvalue weighted by Gasteiger charge is 2.30. The van der Waals surface area contributed by atoms with Crippen LogP contribution >= 0.6 is 11.6 Å². The van der Waals surface area contributed by atoms with Crippen molar-refractivity contribution < 1.29 is 19.1 Å². The summed E-state index contributed by atoms with van der Waals surface area (Å²) in [5.41, 5.74) is 1.16. The van der Waals surface area contributed by atoms with Gasteiger partial charge in [-0.15, -0.1) is 0 Å². The van der Waals surface area contributed by atoms with Gasteiger partial charge in [-0.3, -0.25) is 14.6 Å². The van der Waals surface area contributed by atoms with E-state index >= 15 is 0 Å². The van der Waals surface area contributed by atoms with E-state index in [0.29, 0.717) is 54.1 Å². The number of ether oxygens (including phenoxy) is 2. The van der Waals surface area contributed by atoms with E-state index in [2.05, 4.69) is 4.98 Å². The number of halogens is 1. The number of carbonyl (C=O) groups is 2. The number of Topliss-reactive ketones (excluding diaryl/α,β-unsaturated/α-hetero) is 1. The Morgan fingerprint density at radius 3 is 2.71 bits per heavy atom. The van der Waals surface area contributed by atoms with Crippen LogP contribution in [-0.4, -0.2) is 47.9 Å². The van der Waals surface area contributed by atoms with Crippen molar-refractivity contribution in [1.82, 2.24) is 9.88 Å². The van der Waals surface area contributed by atoms with Gasteiger partial charge in [0.05, 0.1) is 6.42 Å². The zero-order chi connectivity index (χ0) is 19.5. The first-order valence-electron chi connectivity index (χ1n) is 9.43. The number of hydrogen-bond donors (Lipinski definition) is 0. The van der Waals surface area contributed by atoms with Gasteiger partial charge in [-0.1, -0.05) is 17.7 Å². The summed E-state index contributed by atoms with van der Waals surface area (Å²) in [6.07, 6.45) is 3.34. The normalized spacial score (nSPS) is 18.6. The second-order valence-electron chi connectivity index (χ2n) is 7.02. The molecule has 2 aliphatic heterocycles. The average Bonchev–Trinajstić information content (AvgIpc) is 2.74. The summed E-state index contributed by atoms with van der Waals surface area (Å²) >= 11 is 6.33. The Hall–Kier alpha value is -2.60. The fraction of sp³-hybridized carbons (Fsp3) is 0.381. The molecule has 0 N–H and O–H groups in total. The number of aromatic nitrogens is 1. The zero-order valence-corrected chi connectivity index (χ0v) is 16.2. The Kier molecular flexibility index (Phi) is 5.48. The maximum Gasteiger partial charge on any atom is 0.227 e. The molecule has 4 rings (SSSR count). The maximum absolute atomic E-state index is 12.9. The maximum atomic E-state index is 12.9. The minimum absolute atomic E-state index is 0.00420. The molecular weight excluding hydrogens is 380 g/mol. The van der Waals surface area contributed by atoms with Crippen LogP contribution in [0.5, 0.6) is 11.5 Å². The molecule has 3 heterocycles. The van der Waals surface area contributed by atoms with Crippen molar-refractivity contribution in [2.75, 3.05) is 26.3 Å². The second-order valence-corrected chi connectivity index (χ2v) is 7.43. The van der Waals surface area contributed by atoms with E-state index < -0.39 is 0 Å². The van der Waals surface area contributed by atoms with Gasteiger partial charge in [0.15, 0.2) is 17.3 Å². The molecule has 1 fully saturated rings.